The summed E-state index contributed by atoms with van der Waals surface area (Å²) in [6, 6.07) is 17.0. The predicted molar refractivity (Wildman–Crippen MR) is 100 cm³/mol. The molecule has 0 aliphatic carbocycles. The molecule has 0 aliphatic heterocycles. The van der Waals surface area contributed by atoms with Crippen LogP contribution in [0.2, 0.25) is 5.02 Å². The molecule has 2 aromatic carbocycles. The van der Waals surface area contributed by atoms with E-state index in [1.807, 2.05) is 30.9 Å². The molecular formula is C21H23ClN2. The van der Waals surface area contributed by atoms with Gasteiger partial charge in [0.1, 0.15) is 0 Å². The second-order valence-corrected chi connectivity index (χ2v) is 6.85. The smallest absolute Gasteiger partial charge is 0.0945 e. The molecule has 1 unspecified atom stereocenters. The van der Waals surface area contributed by atoms with Crippen LogP contribution in [0.25, 0.3) is 0 Å². The van der Waals surface area contributed by atoms with E-state index in [1.54, 1.807) is 0 Å². The maximum atomic E-state index is 6.37. The zero-order valence-electron chi connectivity index (χ0n) is 14.0. The molecule has 0 spiro atoms. The second kappa shape index (κ2) is 8.16. The molecule has 0 saturated heterocycles. The molecule has 3 rings (SSSR count). The summed E-state index contributed by atoms with van der Waals surface area (Å²) in [5, 5.41) is 0.864. The Morgan fingerprint density at radius 3 is 2.58 bits per heavy atom. The number of aryl methyl sites for hydroxylation is 2. The monoisotopic (exact) mass is 338 g/mol. The van der Waals surface area contributed by atoms with Crippen LogP contribution >= 0.6 is 11.6 Å². The van der Waals surface area contributed by atoms with E-state index in [0.29, 0.717) is 5.92 Å². The Morgan fingerprint density at radius 1 is 1.08 bits per heavy atom. The first-order valence-corrected chi connectivity index (χ1v) is 8.83. The van der Waals surface area contributed by atoms with Crippen molar-refractivity contribution in [3.63, 3.8) is 0 Å². The molecule has 1 heterocycles. The average molecular weight is 339 g/mol. The van der Waals surface area contributed by atoms with Crippen molar-refractivity contribution in [2.75, 3.05) is 0 Å². The fourth-order valence-corrected chi connectivity index (χ4v) is 3.26. The molecule has 0 fully saturated rings. The lowest BCUT2D eigenvalue weighted by molar-refractivity contribution is 0.412. The Balaban J connectivity index is 1.69. The summed E-state index contributed by atoms with van der Waals surface area (Å²) in [4.78, 5) is 4.16. The Morgan fingerprint density at radius 2 is 1.88 bits per heavy atom. The third kappa shape index (κ3) is 4.72. The number of halogens is 1. The fraction of sp³-hybridized carbons (Fsp3) is 0.286. The summed E-state index contributed by atoms with van der Waals surface area (Å²) in [5.74, 6) is 0.528. The van der Waals surface area contributed by atoms with Crippen LogP contribution in [0.1, 0.15) is 23.1 Å². The minimum absolute atomic E-state index is 0.528. The van der Waals surface area contributed by atoms with Gasteiger partial charge in [-0.15, -0.1) is 0 Å². The Labute approximate surface area is 149 Å². The minimum atomic E-state index is 0.528. The third-order valence-electron chi connectivity index (χ3n) is 4.46. The number of hydrogen-bond donors (Lipinski definition) is 0. The van der Waals surface area contributed by atoms with E-state index < -0.39 is 0 Å². The van der Waals surface area contributed by atoms with Crippen molar-refractivity contribution >= 4 is 11.6 Å². The highest BCUT2D eigenvalue weighted by Crippen LogP contribution is 2.23. The van der Waals surface area contributed by atoms with Crippen LogP contribution in [-0.4, -0.2) is 9.55 Å². The van der Waals surface area contributed by atoms with Crippen LogP contribution in [0.5, 0.6) is 0 Å². The molecule has 2 nitrogen and oxygen atoms in total. The zero-order chi connectivity index (χ0) is 16.8. The largest absolute Gasteiger partial charge is 0.337 e. The van der Waals surface area contributed by atoms with Gasteiger partial charge in [0.2, 0.25) is 0 Å². The second-order valence-electron chi connectivity index (χ2n) is 6.45. The topological polar surface area (TPSA) is 17.8 Å². The molecule has 0 bridgehead atoms. The molecule has 3 heteroatoms. The summed E-state index contributed by atoms with van der Waals surface area (Å²) in [7, 11) is 0. The van der Waals surface area contributed by atoms with Crippen molar-refractivity contribution in [3.05, 3.63) is 89.0 Å². The third-order valence-corrected chi connectivity index (χ3v) is 4.83. The van der Waals surface area contributed by atoms with Gasteiger partial charge in [-0.05, 0) is 49.3 Å². The van der Waals surface area contributed by atoms with Crippen molar-refractivity contribution in [1.29, 1.82) is 0 Å². The van der Waals surface area contributed by atoms with E-state index in [9.17, 15) is 0 Å². The predicted octanol–water partition coefficient (Wildman–Crippen LogP) is 5.34. The number of nitrogens with zero attached hydrogens (tertiary/aromatic N) is 2. The highest BCUT2D eigenvalue weighted by atomic mass is 35.5. The van der Waals surface area contributed by atoms with Crippen LogP contribution in [0.3, 0.4) is 0 Å². The van der Waals surface area contributed by atoms with E-state index in [1.165, 1.54) is 16.7 Å². The van der Waals surface area contributed by atoms with Gasteiger partial charge in [-0.3, -0.25) is 0 Å². The van der Waals surface area contributed by atoms with Crippen molar-refractivity contribution < 1.29 is 0 Å². The van der Waals surface area contributed by atoms with Crippen molar-refractivity contribution in [1.82, 2.24) is 9.55 Å². The molecule has 124 valence electrons. The van der Waals surface area contributed by atoms with Gasteiger partial charge < -0.3 is 4.57 Å². The molecular weight excluding hydrogens is 316 g/mol. The number of hydrogen-bond acceptors (Lipinski definition) is 1. The normalized spacial score (nSPS) is 12.2. The van der Waals surface area contributed by atoms with Crippen LogP contribution in [0.15, 0.2) is 67.3 Å². The SMILES string of the molecule is Cc1ccc(CCC(Cc2ccccc2Cl)Cn2ccnc2)cc1. The molecule has 3 aromatic rings. The lowest BCUT2D eigenvalue weighted by atomic mass is 9.92. The van der Waals surface area contributed by atoms with E-state index in [2.05, 4.69) is 52.9 Å². The molecule has 1 aromatic heterocycles. The van der Waals surface area contributed by atoms with Crippen LogP contribution in [0, 0.1) is 12.8 Å². The average Bonchev–Trinajstić information content (AvgIpc) is 3.09. The summed E-state index contributed by atoms with van der Waals surface area (Å²) < 4.78 is 2.16. The summed E-state index contributed by atoms with van der Waals surface area (Å²) in [6.07, 6.45) is 8.98. The Kier molecular flexibility index (Phi) is 5.71. The molecule has 0 saturated carbocycles. The van der Waals surface area contributed by atoms with E-state index in [0.717, 1.165) is 30.8 Å². The van der Waals surface area contributed by atoms with Crippen LogP contribution in [-0.2, 0) is 19.4 Å². The quantitative estimate of drug-likeness (QED) is 0.568. The lowest BCUT2D eigenvalue weighted by Crippen LogP contribution is -2.14. The molecule has 1 atom stereocenters. The van der Waals surface area contributed by atoms with Gasteiger partial charge in [0, 0.05) is 24.0 Å². The number of rotatable bonds is 7. The van der Waals surface area contributed by atoms with Crippen molar-refractivity contribution in [2.45, 2.75) is 32.7 Å². The lowest BCUT2D eigenvalue weighted by Gasteiger charge is -2.18. The maximum Gasteiger partial charge on any atom is 0.0945 e. The molecule has 0 aliphatic rings. The fourth-order valence-electron chi connectivity index (χ4n) is 3.05. The standard InChI is InChI=1S/C21H23ClN2/c1-17-6-8-18(9-7-17)10-11-19(15-24-13-12-23-16-24)14-20-4-2-3-5-21(20)22/h2-9,12-13,16,19H,10-11,14-15H2,1H3. The van der Waals surface area contributed by atoms with Gasteiger partial charge in [0.25, 0.3) is 0 Å². The van der Waals surface area contributed by atoms with Gasteiger partial charge in [0.15, 0.2) is 0 Å². The van der Waals surface area contributed by atoms with Crippen LogP contribution in [0.4, 0.5) is 0 Å². The summed E-state index contributed by atoms with van der Waals surface area (Å²) in [5.41, 5.74) is 3.94. The van der Waals surface area contributed by atoms with Crippen LogP contribution < -0.4 is 0 Å². The molecule has 24 heavy (non-hydrogen) atoms. The van der Waals surface area contributed by atoms with Gasteiger partial charge in [0.05, 0.1) is 6.33 Å². The Hall–Kier alpha value is -2.06. The van der Waals surface area contributed by atoms with Gasteiger partial charge >= 0.3 is 0 Å². The summed E-state index contributed by atoms with van der Waals surface area (Å²) >= 11 is 6.37. The molecule has 0 radical (unpaired) electrons. The number of imidazole rings is 1. The maximum absolute atomic E-state index is 6.37. The van der Waals surface area contributed by atoms with E-state index >= 15 is 0 Å². The van der Waals surface area contributed by atoms with E-state index in [-0.39, 0.29) is 0 Å². The van der Waals surface area contributed by atoms with Crippen molar-refractivity contribution in [3.8, 4) is 0 Å². The molecule has 0 amide bonds. The first-order valence-electron chi connectivity index (χ1n) is 8.45. The zero-order valence-corrected chi connectivity index (χ0v) is 14.8. The molecule has 0 N–H and O–H groups in total. The van der Waals surface area contributed by atoms with Gasteiger partial charge in [-0.1, -0.05) is 59.6 Å². The van der Waals surface area contributed by atoms with Crippen molar-refractivity contribution in [2.24, 2.45) is 5.92 Å². The Bertz CT molecular complexity index is 748. The van der Waals surface area contributed by atoms with Gasteiger partial charge in [-0.25, -0.2) is 4.98 Å². The number of benzene rings is 2. The van der Waals surface area contributed by atoms with E-state index in [4.69, 9.17) is 11.6 Å². The number of aromatic nitrogens is 2. The summed E-state index contributed by atoms with van der Waals surface area (Å²) in [6.45, 7) is 3.10. The first-order chi connectivity index (χ1) is 11.7. The highest BCUT2D eigenvalue weighted by molar-refractivity contribution is 6.31. The first kappa shape index (κ1) is 16.8. The highest BCUT2D eigenvalue weighted by Gasteiger charge is 2.13. The van der Waals surface area contributed by atoms with Gasteiger partial charge in [-0.2, -0.15) is 0 Å². The minimum Gasteiger partial charge on any atom is -0.337 e.